The van der Waals surface area contributed by atoms with E-state index in [0.29, 0.717) is 46.9 Å². The van der Waals surface area contributed by atoms with Crippen molar-refractivity contribution < 1.29 is 14.0 Å². The molecule has 1 amide bonds. The molecule has 41 heavy (non-hydrogen) atoms. The van der Waals surface area contributed by atoms with E-state index in [1.165, 1.54) is 12.6 Å². The fourth-order valence-electron chi connectivity index (χ4n) is 4.49. The average Bonchev–Trinajstić information content (AvgIpc) is 3.68. The van der Waals surface area contributed by atoms with Gasteiger partial charge in [0.1, 0.15) is 0 Å². The summed E-state index contributed by atoms with van der Waals surface area (Å²) in [5.74, 6) is 0.545. The van der Waals surface area contributed by atoms with E-state index in [2.05, 4.69) is 25.6 Å². The van der Waals surface area contributed by atoms with Gasteiger partial charge in [-0.25, -0.2) is 9.97 Å². The minimum absolute atomic E-state index is 0.0122. The number of ketones is 1. The van der Waals surface area contributed by atoms with Crippen LogP contribution >= 0.6 is 0 Å². The number of Topliss-reactive ketones (excluding diaryl/α,β-unsaturated/α-hetero) is 1. The molecule has 0 saturated heterocycles. The second kappa shape index (κ2) is 11.6. The molecule has 0 saturated carbocycles. The molecule has 4 heterocycles. The molecule has 2 aromatic carbocycles. The highest BCUT2D eigenvalue weighted by atomic mass is 16.3. The Morgan fingerprint density at radius 1 is 0.854 bits per heavy atom. The molecule has 6 rings (SSSR count). The second-order valence-corrected chi connectivity index (χ2v) is 9.33. The second-order valence-electron chi connectivity index (χ2n) is 9.33. The Morgan fingerprint density at radius 3 is 2.56 bits per heavy atom. The first-order chi connectivity index (χ1) is 20.1. The molecule has 0 aliphatic carbocycles. The van der Waals surface area contributed by atoms with Crippen LogP contribution in [0.25, 0.3) is 22.4 Å². The van der Waals surface area contributed by atoms with Crippen molar-refractivity contribution in [2.75, 3.05) is 17.2 Å². The number of nitrogens with one attached hydrogen (secondary N) is 2. The third-order valence-electron chi connectivity index (χ3n) is 6.59. The maximum Gasteiger partial charge on any atom is 0.259 e. The molecule has 0 atom stereocenters. The zero-order chi connectivity index (χ0) is 28.0. The van der Waals surface area contributed by atoms with Crippen molar-refractivity contribution in [3.8, 4) is 11.3 Å². The highest BCUT2D eigenvalue weighted by molar-refractivity contribution is 6.04. The summed E-state index contributed by atoms with van der Waals surface area (Å²) >= 11 is 0. The fourth-order valence-corrected chi connectivity index (χ4v) is 4.49. The molecule has 10 heteroatoms. The Labute approximate surface area is 235 Å². The third-order valence-corrected chi connectivity index (χ3v) is 6.59. The number of carbonyl (C=O) groups excluding carboxylic acids is 2. The molecule has 0 bridgehead atoms. The number of aromatic nitrogens is 5. The predicted molar refractivity (Wildman–Crippen MR) is 155 cm³/mol. The summed E-state index contributed by atoms with van der Waals surface area (Å²) in [5, 5.41) is 6.14. The van der Waals surface area contributed by atoms with Crippen LogP contribution in [0, 0.1) is 0 Å². The summed E-state index contributed by atoms with van der Waals surface area (Å²) in [4.78, 5) is 43.0. The molecule has 10 nitrogen and oxygen atoms in total. The molecule has 0 spiro atoms. The van der Waals surface area contributed by atoms with Gasteiger partial charge in [-0.1, -0.05) is 36.4 Å². The number of fused-ring (bicyclic) bond motifs is 1. The van der Waals surface area contributed by atoms with Gasteiger partial charge < -0.3 is 14.3 Å². The number of rotatable bonds is 10. The van der Waals surface area contributed by atoms with E-state index in [9.17, 15) is 9.59 Å². The Kier molecular flexibility index (Phi) is 7.26. The highest BCUT2D eigenvalue weighted by Gasteiger charge is 2.17. The monoisotopic (exact) mass is 543 g/mol. The minimum Gasteiger partial charge on any atom is -0.443 e. The molecule has 0 fully saturated rings. The lowest BCUT2D eigenvalue weighted by atomic mass is 10.1. The number of nitrogens with zero attached hydrogens (tertiary/aromatic N) is 5. The largest absolute Gasteiger partial charge is 0.443 e. The Bertz CT molecular complexity index is 1800. The van der Waals surface area contributed by atoms with Crippen molar-refractivity contribution in [3.63, 3.8) is 0 Å². The van der Waals surface area contributed by atoms with Crippen LogP contribution in [0.5, 0.6) is 0 Å². The number of imidazole rings is 1. The van der Waals surface area contributed by atoms with Gasteiger partial charge in [-0.3, -0.25) is 24.9 Å². The summed E-state index contributed by atoms with van der Waals surface area (Å²) in [6.07, 6.45) is 10.2. The van der Waals surface area contributed by atoms with Crippen LogP contribution in [-0.4, -0.2) is 42.7 Å². The first-order valence-corrected chi connectivity index (χ1v) is 13.0. The minimum atomic E-state index is -0.358. The normalized spacial score (nSPS) is 10.9. The summed E-state index contributed by atoms with van der Waals surface area (Å²) in [5.41, 5.74) is 4.98. The molecule has 2 N–H and O–H groups in total. The summed E-state index contributed by atoms with van der Waals surface area (Å²) < 4.78 is 7.31. The van der Waals surface area contributed by atoms with E-state index in [1.54, 1.807) is 36.8 Å². The third kappa shape index (κ3) is 5.86. The molecule has 0 aliphatic rings. The number of aryl methyl sites for hydroxylation is 2. The van der Waals surface area contributed by atoms with E-state index >= 15 is 0 Å². The van der Waals surface area contributed by atoms with Crippen LogP contribution in [0.3, 0.4) is 0 Å². The van der Waals surface area contributed by atoms with E-state index in [-0.39, 0.29) is 18.2 Å². The maximum absolute atomic E-state index is 13.3. The summed E-state index contributed by atoms with van der Waals surface area (Å²) in [6.45, 7) is 0.711. The quantitative estimate of drug-likeness (QED) is 0.224. The van der Waals surface area contributed by atoms with E-state index in [4.69, 9.17) is 9.40 Å². The lowest BCUT2D eigenvalue weighted by molar-refractivity contribution is 0.100. The Hall–Kier alpha value is -5.64. The van der Waals surface area contributed by atoms with Crippen LogP contribution in [-0.2, 0) is 13.0 Å². The first-order valence-electron chi connectivity index (χ1n) is 13.0. The van der Waals surface area contributed by atoms with Crippen LogP contribution in [0.1, 0.15) is 26.3 Å². The van der Waals surface area contributed by atoms with Gasteiger partial charge in [0.05, 0.1) is 29.3 Å². The van der Waals surface area contributed by atoms with Gasteiger partial charge in [-0.05, 0) is 42.3 Å². The Morgan fingerprint density at radius 2 is 1.76 bits per heavy atom. The number of oxazole rings is 1. The van der Waals surface area contributed by atoms with E-state index in [0.717, 1.165) is 16.8 Å². The van der Waals surface area contributed by atoms with Gasteiger partial charge in [0.25, 0.3) is 5.91 Å². The standard InChI is InChI=1S/C31H25N7O3/c39-28(22-6-2-1-3-7-22)18-35-25-8-9-27-26(14-25)36-31(38(27)12-10-21-5-4-11-32-15-21)37-30(40)24-13-23(16-33-17-24)29-19-34-20-41-29/h1-9,11,13-17,19-20,35H,10,12,18H2,(H,36,37,40). The molecule has 202 valence electrons. The van der Waals surface area contributed by atoms with Gasteiger partial charge in [-0.2, -0.15) is 0 Å². The topological polar surface area (TPSA) is 128 Å². The van der Waals surface area contributed by atoms with Crippen molar-refractivity contribution in [3.05, 3.63) is 121 Å². The van der Waals surface area contributed by atoms with Crippen LogP contribution in [0.4, 0.5) is 11.6 Å². The van der Waals surface area contributed by atoms with Crippen LogP contribution in [0.15, 0.2) is 109 Å². The average molecular weight is 544 g/mol. The van der Waals surface area contributed by atoms with Crippen molar-refractivity contribution in [1.82, 2.24) is 24.5 Å². The Balaban J connectivity index is 1.26. The summed E-state index contributed by atoms with van der Waals surface area (Å²) in [6, 6.07) is 20.5. The molecule has 0 aliphatic heterocycles. The lowest BCUT2D eigenvalue weighted by Crippen LogP contribution is -2.17. The van der Waals surface area contributed by atoms with Crippen LogP contribution < -0.4 is 10.6 Å². The molecular weight excluding hydrogens is 518 g/mol. The number of amides is 1. The van der Waals surface area contributed by atoms with Gasteiger partial charge in [0.2, 0.25) is 5.95 Å². The predicted octanol–water partition coefficient (Wildman–Crippen LogP) is 5.27. The van der Waals surface area contributed by atoms with Crippen molar-refractivity contribution in [2.24, 2.45) is 0 Å². The number of hydrogen-bond donors (Lipinski definition) is 2. The van der Waals surface area contributed by atoms with Gasteiger partial charge in [0, 0.05) is 48.1 Å². The van der Waals surface area contributed by atoms with Crippen molar-refractivity contribution >= 4 is 34.4 Å². The summed E-state index contributed by atoms with van der Waals surface area (Å²) in [7, 11) is 0. The SMILES string of the molecule is O=C(CNc1ccc2c(c1)nc(NC(=O)c1cncc(-c3cnco3)c1)n2CCc1cccnc1)c1ccccc1. The number of pyridine rings is 2. The van der Waals surface area contributed by atoms with Crippen molar-refractivity contribution in [2.45, 2.75) is 13.0 Å². The number of carbonyl (C=O) groups is 2. The maximum atomic E-state index is 13.3. The smallest absolute Gasteiger partial charge is 0.259 e. The number of anilines is 2. The van der Waals surface area contributed by atoms with Gasteiger partial charge >= 0.3 is 0 Å². The van der Waals surface area contributed by atoms with Gasteiger partial charge in [-0.15, -0.1) is 0 Å². The molecule has 6 aromatic rings. The van der Waals surface area contributed by atoms with E-state index < -0.39 is 0 Å². The first kappa shape index (κ1) is 25.6. The lowest BCUT2D eigenvalue weighted by Gasteiger charge is -2.11. The fraction of sp³-hybridized carbons (Fsp3) is 0.0968. The van der Waals surface area contributed by atoms with E-state index in [1.807, 2.05) is 59.3 Å². The zero-order valence-corrected chi connectivity index (χ0v) is 21.9. The van der Waals surface area contributed by atoms with Gasteiger partial charge in [0.15, 0.2) is 17.9 Å². The number of hydrogen-bond acceptors (Lipinski definition) is 8. The highest BCUT2D eigenvalue weighted by Crippen LogP contribution is 2.25. The van der Waals surface area contributed by atoms with Crippen molar-refractivity contribution in [1.29, 1.82) is 0 Å². The van der Waals surface area contributed by atoms with Crippen LogP contribution in [0.2, 0.25) is 0 Å². The molecule has 4 aromatic heterocycles. The number of benzene rings is 2. The molecular formula is C31H25N7O3. The zero-order valence-electron chi connectivity index (χ0n) is 21.9. The molecule has 0 unspecified atom stereocenters. The molecule has 0 radical (unpaired) electrons.